The van der Waals surface area contributed by atoms with E-state index in [9.17, 15) is 4.79 Å². The number of nitrogens with one attached hydrogen (secondary N) is 1. The van der Waals surface area contributed by atoms with Crippen LogP contribution in [0.5, 0.6) is 11.5 Å². The number of methoxy groups -OCH3 is 2. The van der Waals surface area contributed by atoms with Crippen LogP contribution in [0.2, 0.25) is 0 Å². The normalized spacial score (nSPS) is 10.6. The molecule has 0 atom stereocenters. The second kappa shape index (κ2) is 9.74. The smallest absolute Gasteiger partial charge is 0.251 e. The van der Waals surface area contributed by atoms with Gasteiger partial charge in [-0.05, 0) is 64.4 Å². The Morgan fingerprint density at radius 1 is 1.00 bits per heavy atom. The van der Waals surface area contributed by atoms with Gasteiger partial charge in [0, 0.05) is 17.7 Å². The first-order chi connectivity index (χ1) is 15.7. The molecule has 0 aliphatic heterocycles. The molecule has 8 heteroatoms. The van der Waals surface area contributed by atoms with Gasteiger partial charge in [0.1, 0.15) is 17.8 Å². The van der Waals surface area contributed by atoms with E-state index in [0.717, 1.165) is 22.4 Å². The second-order valence-electron chi connectivity index (χ2n) is 7.08. The average molecular weight is 429 g/mol. The number of amides is 1. The third-order valence-electron chi connectivity index (χ3n) is 5.04. The Hall–Kier alpha value is -4.20. The van der Waals surface area contributed by atoms with Crippen LogP contribution in [-0.4, -0.2) is 46.9 Å². The van der Waals surface area contributed by atoms with Gasteiger partial charge in [-0.2, -0.15) is 0 Å². The zero-order valence-corrected chi connectivity index (χ0v) is 17.9. The van der Waals surface area contributed by atoms with Crippen molar-refractivity contribution in [3.8, 4) is 28.3 Å². The highest BCUT2D eigenvalue weighted by Crippen LogP contribution is 2.31. The van der Waals surface area contributed by atoms with Crippen molar-refractivity contribution < 1.29 is 14.3 Å². The lowest BCUT2D eigenvalue weighted by Gasteiger charge is -2.13. The predicted molar refractivity (Wildman–Crippen MR) is 120 cm³/mol. The zero-order chi connectivity index (χ0) is 22.3. The molecular weight excluding hydrogens is 406 g/mol. The molecule has 0 aliphatic rings. The van der Waals surface area contributed by atoms with E-state index in [4.69, 9.17) is 9.47 Å². The first kappa shape index (κ1) is 21.0. The van der Waals surface area contributed by atoms with Gasteiger partial charge in [0.2, 0.25) is 0 Å². The van der Waals surface area contributed by atoms with Gasteiger partial charge in [-0.15, -0.1) is 5.10 Å². The van der Waals surface area contributed by atoms with Gasteiger partial charge < -0.3 is 14.8 Å². The Morgan fingerprint density at radius 2 is 1.88 bits per heavy atom. The molecule has 1 amide bonds. The lowest BCUT2D eigenvalue weighted by atomic mass is 10.0. The molecule has 4 aromatic rings. The van der Waals surface area contributed by atoms with Crippen molar-refractivity contribution in [2.24, 2.45) is 0 Å². The Balaban J connectivity index is 1.59. The predicted octanol–water partition coefficient (Wildman–Crippen LogP) is 3.32. The van der Waals surface area contributed by atoms with Crippen molar-refractivity contribution in [1.29, 1.82) is 0 Å². The summed E-state index contributed by atoms with van der Waals surface area (Å²) in [6.07, 6.45) is 2.18. The molecule has 0 bridgehead atoms. The highest BCUT2D eigenvalue weighted by atomic mass is 16.5. The van der Waals surface area contributed by atoms with Gasteiger partial charge in [-0.1, -0.05) is 30.3 Å². The highest BCUT2D eigenvalue weighted by Gasteiger charge is 2.14. The first-order valence-corrected chi connectivity index (χ1v) is 10.1. The fraction of sp³-hybridized carbons (Fsp3) is 0.167. The maximum absolute atomic E-state index is 13.0. The molecular formula is C24H23N5O3. The van der Waals surface area contributed by atoms with E-state index < -0.39 is 0 Å². The molecule has 162 valence electrons. The summed E-state index contributed by atoms with van der Waals surface area (Å²) in [5, 5.41) is 14.4. The molecule has 1 N–H and O–H groups in total. The van der Waals surface area contributed by atoms with E-state index in [1.807, 2.05) is 60.7 Å². The van der Waals surface area contributed by atoms with Crippen molar-refractivity contribution in [3.63, 3.8) is 0 Å². The van der Waals surface area contributed by atoms with Crippen molar-refractivity contribution in [2.75, 3.05) is 20.8 Å². The van der Waals surface area contributed by atoms with E-state index in [2.05, 4.69) is 20.8 Å². The van der Waals surface area contributed by atoms with Crippen LogP contribution in [0.15, 0.2) is 73.1 Å². The van der Waals surface area contributed by atoms with Crippen molar-refractivity contribution in [3.05, 3.63) is 84.2 Å². The fourth-order valence-corrected chi connectivity index (χ4v) is 3.44. The number of para-hydroxylation sites is 1. The summed E-state index contributed by atoms with van der Waals surface area (Å²) in [7, 11) is 3.26. The van der Waals surface area contributed by atoms with Crippen LogP contribution in [0.1, 0.15) is 15.9 Å². The van der Waals surface area contributed by atoms with E-state index in [1.54, 1.807) is 20.3 Å². The van der Waals surface area contributed by atoms with Crippen molar-refractivity contribution >= 4 is 5.91 Å². The summed E-state index contributed by atoms with van der Waals surface area (Å²) in [6.45, 7) is 0.491. The number of rotatable bonds is 8. The molecule has 0 spiro atoms. The average Bonchev–Trinajstić information content (AvgIpc) is 3.39. The SMILES string of the molecule is COc1cccc(CCNC(=O)c2cc(-c3ccccc3OC)cc(-n3cnnn3)c2)c1. The summed E-state index contributed by atoms with van der Waals surface area (Å²) in [5.74, 6) is 1.33. The lowest BCUT2D eigenvalue weighted by molar-refractivity contribution is 0.0954. The summed E-state index contributed by atoms with van der Waals surface area (Å²) in [5.41, 5.74) is 3.96. The zero-order valence-electron chi connectivity index (χ0n) is 17.9. The largest absolute Gasteiger partial charge is 0.497 e. The number of ether oxygens (including phenoxy) is 2. The molecule has 3 aromatic carbocycles. The minimum atomic E-state index is -0.182. The third kappa shape index (κ3) is 4.75. The van der Waals surface area contributed by atoms with Crippen LogP contribution < -0.4 is 14.8 Å². The molecule has 1 aromatic heterocycles. The standard InChI is InChI=1S/C24H23N5O3/c1-31-21-7-5-6-17(12-21)10-11-25-24(30)19-13-18(22-8-3-4-9-23(22)32-2)14-20(15-19)29-16-26-27-28-29/h3-9,12-16H,10-11H2,1-2H3,(H,25,30). The third-order valence-corrected chi connectivity index (χ3v) is 5.04. The molecule has 0 saturated carbocycles. The molecule has 0 aliphatic carbocycles. The number of nitrogens with zero attached hydrogens (tertiary/aromatic N) is 4. The Kier molecular flexibility index (Phi) is 6.41. The van der Waals surface area contributed by atoms with Crippen LogP contribution in [0.25, 0.3) is 16.8 Å². The van der Waals surface area contributed by atoms with Gasteiger partial charge in [0.25, 0.3) is 5.91 Å². The number of carbonyl (C=O) groups is 1. The molecule has 0 saturated heterocycles. The Labute approximate surface area is 185 Å². The van der Waals surface area contributed by atoms with E-state index in [-0.39, 0.29) is 5.91 Å². The van der Waals surface area contributed by atoms with Crippen LogP contribution in [0.3, 0.4) is 0 Å². The quantitative estimate of drug-likeness (QED) is 0.462. The molecule has 0 unspecified atom stereocenters. The minimum Gasteiger partial charge on any atom is -0.497 e. The highest BCUT2D eigenvalue weighted by molar-refractivity contribution is 5.96. The van der Waals surface area contributed by atoms with Crippen LogP contribution in [0.4, 0.5) is 0 Å². The first-order valence-electron chi connectivity index (χ1n) is 10.1. The maximum atomic E-state index is 13.0. The Morgan fingerprint density at radius 3 is 2.66 bits per heavy atom. The molecule has 4 rings (SSSR count). The van der Waals surface area contributed by atoms with Gasteiger partial charge >= 0.3 is 0 Å². The summed E-state index contributed by atoms with van der Waals surface area (Å²) in [6, 6.07) is 21.0. The van der Waals surface area contributed by atoms with Crippen molar-refractivity contribution in [2.45, 2.75) is 6.42 Å². The van der Waals surface area contributed by atoms with Crippen LogP contribution in [-0.2, 0) is 6.42 Å². The van der Waals surface area contributed by atoms with E-state index in [0.29, 0.717) is 30.0 Å². The van der Waals surface area contributed by atoms with E-state index >= 15 is 0 Å². The number of hydrogen-bond acceptors (Lipinski definition) is 6. The molecule has 8 nitrogen and oxygen atoms in total. The molecule has 0 fully saturated rings. The van der Waals surface area contributed by atoms with Gasteiger partial charge in [-0.3, -0.25) is 4.79 Å². The van der Waals surface area contributed by atoms with E-state index in [1.165, 1.54) is 11.0 Å². The monoisotopic (exact) mass is 429 g/mol. The fourth-order valence-electron chi connectivity index (χ4n) is 3.44. The van der Waals surface area contributed by atoms with Gasteiger partial charge in [-0.25, -0.2) is 4.68 Å². The number of aromatic nitrogens is 4. The van der Waals surface area contributed by atoms with Crippen LogP contribution in [0, 0.1) is 0 Å². The summed E-state index contributed by atoms with van der Waals surface area (Å²) < 4.78 is 12.3. The van der Waals surface area contributed by atoms with Crippen LogP contribution >= 0.6 is 0 Å². The molecule has 0 radical (unpaired) electrons. The minimum absolute atomic E-state index is 0.182. The van der Waals surface area contributed by atoms with Crippen molar-refractivity contribution in [1.82, 2.24) is 25.5 Å². The Bertz CT molecular complexity index is 1210. The van der Waals surface area contributed by atoms with Gasteiger partial charge in [0.15, 0.2) is 0 Å². The number of benzene rings is 3. The summed E-state index contributed by atoms with van der Waals surface area (Å²) in [4.78, 5) is 13.0. The number of hydrogen-bond donors (Lipinski definition) is 1. The molecule has 1 heterocycles. The molecule has 32 heavy (non-hydrogen) atoms. The lowest BCUT2D eigenvalue weighted by Crippen LogP contribution is -2.26. The topological polar surface area (TPSA) is 91.2 Å². The number of tetrazole rings is 1. The second-order valence-corrected chi connectivity index (χ2v) is 7.08. The maximum Gasteiger partial charge on any atom is 0.251 e. The van der Waals surface area contributed by atoms with Gasteiger partial charge in [0.05, 0.1) is 19.9 Å². The summed E-state index contributed by atoms with van der Waals surface area (Å²) >= 11 is 0. The number of carbonyl (C=O) groups excluding carboxylic acids is 1.